The van der Waals surface area contributed by atoms with Crippen molar-refractivity contribution in [3.63, 3.8) is 0 Å². The Balaban J connectivity index is 2.28. The highest BCUT2D eigenvalue weighted by molar-refractivity contribution is 6.82. The van der Waals surface area contributed by atoms with Gasteiger partial charge < -0.3 is 5.11 Å². The molecule has 0 radical (unpaired) electrons. The Kier molecular flexibility index (Phi) is 7.55. The highest BCUT2D eigenvalue weighted by atomic mass is 28.3. The van der Waals surface area contributed by atoms with Gasteiger partial charge in [-0.15, -0.1) is 0 Å². The van der Waals surface area contributed by atoms with Gasteiger partial charge in [-0.05, 0) is 66.7 Å². The minimum Gasteiger partial charge on any atom is -0.478 e. The Hall–Kier alpha value is -1.66. The number of rotatable bonds is 10. The molecule has 0 spiro atoms. The van der Waals surface area contributed by atoms with Crippen molar-refractivity contribution in [1.29, 1.82) is 0 Å². The van der Waals surface area contributed by atoms with Crippen LogP contribution in [0.4, 0.5) is 0 Å². The van der Waals surface area contributed by atoms with Crippen molar-refractivity contribution in [3.05, 3.63) is 29.0 Å². The minimum atomic E-state index is -2.04. The number of benzene rings is 1. The summed E-state index contributed by atoms with van der Waals surface area (Å²) in [5, 5.41) is 16.5. The highest BCUT2D eigenvalue weighted by Gasteiger charge is 2.48. The number of aromatic nitrogens is 2. The van der Waals surface area contributed by atoms with Crippen LogP contribution in [-0.2, 0) is 12.8 Å². The molecule has 1 heterocycles. The lowest BCUT2D eigenvalue weighted by molar-refractivity contribution is 0.0695. The summed E-state index contributed by atoms with van der Waals surface area (Å²) in [6, 6.07) is 4.21. The first-order chi connectivity index (χ1) is 15.1. The van der Waals surface area contributed by atoms with Gasteiger partial charge in [-0.1, -0.05) is 55.4 Å². The van der Waals surface area contributed by atoms with Crippen LogP contribution in [-0.4, -0.2) is 52.8 Å². The molecule has 1 aliphatic rings. The van der Waals surface area contributed by atoms with Gasteiger partial charge in [0.1, 0.15) is 0 Å². The predicted octanol–water partition coefficient (Wildman–Crippen LogP) is 6.35. The van der Waals surface area contributed by atoms with E-state index in [-0.39, 0.29) is 0 Å². The number of aromatic carboxylic acids is 1. The van der Waals surface area contributed by atoms with Crippen LogP contribution in [0.5, 0.6) is 0 Å². The molecule has 1 aliphatic carbocycles. The third kappa shape index (κ3) is 3.94. The van der Waals surface area contributed by atoms with Crippen LogP contribution in [0, 0.1) is 0 Å². The van der Waals surface area contributed by atoms with Gasteiger partial charge in [0, 0.05) is 17.8 Å². The van der Waals surface area contributed by atoms with E-state index in [0.29, 0.717) is 28.2 Å². The van der Waals surface area contributed by atoms with E-state index in [2.05, 4.69) is 64.6 Å². The lowest BCUT2D eigenvalue weighted by Gasteiger charge is -2.43. The van der Waals surface area contributed by atoms with Gasteiger partial charge in [0.15, 0.2) is 8.24 Å². The van der Waals surface area contributed by atoms with Crippen LogP contribution in [0.3, 0.4) is 0 Å². The van der Waals surface area contributed by atoms with Gasteiger partial charge in [-0.25, -0.2) is 4.79 Å². The second-order valence-electron chi connectivity index (χ2n) is 10.6. The van der Waals surface area contributed by atoms with Crippen molar-refractivity contribution >= 4 is 25.1 Å². The van der Waals surface area contributed by atoms with Crippen molar-refractivity contribution in [3.8, 4) is 0 Å². The Morgan fingerprint density at radius 1 is 1.06 bits per heavy atom. The summed E-state index contributed by atoms with van der Waals surface area (Å²) in [4.78, 5) is 14.7. The van der Waals surface area contributed by atoms with Crippen LogP contribution in [0.2, 0.25) is 16.6 Å². The molecule has 0 fully saturated rings. The molecule has 1 N–H and O–H groups in total. The molecule has 0 saturated carbocycles. The van der Waals surface area contributed by atoms with Crippen molar-refractivity contribution < 1.29 is 9.90 Å². The van der Waals surface area contributed by atoms with E-state index in [9.17, 15) is 9.90 Å². The van der Waals surface area contributed by atoms with E-state index in [1.165, 1.54) is 5.52 Å². The Bertz CT molecular complexity index is 936. The lowest BCUT2D eigenvalue weighted by atomic mass is 9.86. The number of hydrogen-bond acceptors (Lipinski definition) is 3. The molecule has 5 nitrogen and oxygen atoms in total. The molecule has 3 rings (SSSR count). The quantitative estimate of drug-likeness (QED) is 0.422. The zero-order valence-corrected chi connectivity index (χ0v) is 22.4. The molecule has 178 valence electrons. The van der Waals surface area contributed by atoms with Crippen molar-refractivity contribution in [2.45, 2.75) is 104 Å². The largest absolute Gasteiger partial charge is 0.478 e. The summed E-state index contributed by atoms with van der Waals surface area (Å²) in [5.74, 6) is -0.820. The average Bonchev–Trinajstić information content (AvgIpc) is 3.07. The molecule has 0 bridgehead atoms. The lowest BCUT2D eigenvalue weighted by Crippen LogP contribution is -2.52. The molecule has 32 heavy (non-hydrogen) atoms. The summed E-state index contributed by atoms with van der Waals surface area (Å²) in [7, 11) is -2.04. The van der Waals surface area contributed by atoms with Gasteiger partial charge >= 0.3 is 5.97 Å². The van der Waals surface area contributed by atoms with Crippen LogP contribution in [0.15, 0.2) is 12.1 Å². The number of carboxylic acids is 1. The maximum Gasteiger partial charge on any atom is 0.335 e. The molecule has 0 aliphatic heterocycles. The fourth-order valence-corrected chi connectivity index (χ4v) is 13.1. The molecule has 0 amide bonds. The zero-order chi connectivity index (χ0) is 23.8. The van der Waals surface area contributed by atoms with Gasteiger partial charge in [-0.3, -0.25) is 9.25 Å². The van der Waals surface area contributed by atoms with Crippen molar-refractivity contribution in [2.24, 2.45) is 0 Å². The molecule has 1 unspecified atom stereocenters. The Labute approximate surface area is 195 Å². The molecule has 0 saturated heterocycles. The molecule has 1 atom stereocenters. The van der Waals surface area contributed by atoms with E-state index in [4.69, 9.17) is 5.10 Å². The first kappa shape index (κ1) is 25.0. The SMILES string of the molecule is CCCN(CCC)C1Cc2nn([Si](C(C)C)(C(C)C)C(C)C)c3ccc(C(=O)O)c(c23)C1. The standard InChI is InChI=1S/C26H43N3O2Si/c1-9-13-28(14-10-2)20-15-22-21(26(30)31)11-12-24-25(22)23(16-20)27-29(24)32(17(3)4,18(5)6)19(7)8/h11-12,17-20H,9-10,13-16H2,1-8H3,(H,30,31). The predicted molar refractivity (Wildman–Crippen MR) is 136 cm³/mol. The fourth-order valence-electron chi connectivity index (χ4n) is 6.78. The minimum absolute atomic E-state index is 0.322. The normalized spacial score (nSPS) is 16.8. The number of carboxylic acid groups (broad SMARTS) is 1. The topological polar surface area (TPSA) is 58.4 Å². The Morgan fingerprint density at radius 2 is 1.62 bits per heavy atom. The van der Waals surface area contributed by atoms with Crippen molar-refractivity contribution in [1.82, 2.24) is 14.3 Å². The van der Waals surface area contributed by atoms with E-state index in [1.807, 2.05) is 12.1 Å². The summed E-state index contributed by atoms with van der Waals surface area (Å²) >= 11 is 0. The molecular formula is C26H43N3O2Si. The number of carbonyl (C=O) groups is 1. The van der Waals surface area contributed by atoms with Gasteiger partial charge in [0.05, 0.1) is 16.8 Å². The van der Waals surface area contributed by atoms with Gasteiger partial charge in [-0.2, -0.15) is 5.10 Å². The van der Waals surface area contributed by atoms with Crippen LogP contribution in [0.25, 0.3) is 10.9 Å². The van der Waals surface area contributed by atoms with Gasteiger partial charge in [0.25, 0.3) is 0 Å². The summed E-state index contributed by atoms with van der Waals surface area (Å²) in [6.45, 7) is 20.7. The smallest absolute Gasteiger partial charge is 0.335 e. The first-order valence-corrected chi connectivity index (χ1v) is 14.8. The molecule has 1 aromatic heterocycles. The molecular weight excluding hydrogens is 414 g/mol. The summed E-state index contributed by atoms with van der Waals surface area (Å²) in [5.41, 5.74) is 5.35. The van der Waals surface area contributed by atoms with E-state index in [0.717, 1.165) is 55.4 Å². The maximum atomic E-state index is 12.2. The first-order valence-electron chi connectivity index (χ1n) is 12.6. The third-order valence-corrected chi connectivity index (χ3v) is 14.4. The zero-order valence-electron chi connectivity index (χ0n) is 21.4. The molecule has 1 aromatic carbocycles. The third-order valence-electron chi connectivity index (χ3n) is 7.81. The number of nitrogens with zero attached hydrogens (tertiary/aromatic N) is 3. The van der Waals surface area contributed by atoms with E-state index in [1.54, 1.807) is 0 Å². The summed E-state index contributed by atoms with van der Waals surface area (Å²) < 4.78 is 2.43. The summed E-state index contributed by atoms with van der Waals surface area (Å²) in [6.07, 6.45) is 3.94. The average molecular weight is 458 g/mol. The van der Waals surface area contributed by atoms with Gasteiger partial charge in [0.2, 0.25) is 0 Å². The highest BCUT2D eigenvalue weighted by Crippen LogP contribution is 2.45. The monoisotopic (exact) mass is 457 g/mol. The maximum absolute atomic E-state index is 12.2. The van der Waals surface area contributed by atoms with Crippen LogP contribution in [0.1, 0.15) is 89.8 Å². The van der Waals surface area contributed by atoms with Crippen LogP contribution < -0.4 is 0 Å². The van der Waals surface area contributed by atoms with E-state index >= 15 is 0 Å². The van der Waals surface area contributed by atoms with Crippen molar-refractivity contribution in [2.75, 3.05) is 13.1 Å². The second-order valence-corrected chi connectivity index (χ2v) is 16.3. The second kappa shape index (κ2) is 9.68. The number of hydrogen-bond donors (Lipinski definition) is 1. The van der Waals surface area contributed by atoms with Crippen LogP contribution >= 0.6 is 0 Å². The molecule has 6 heteroatoms. The fraction of sp³-hybridized carbons (Fsp3) is 0.692. The Morgan fingerprint density at radius 3 is 2.09 bits per heavy atom. The van der Waals surface area contributed by atoms with E-state index < -0.39 is 14.2 Å². The molecule has 2 aromatic rings.